The molecule has 2 aromatic rings. The Kier molecular flexibility index (Phi) is 6.89. The molecule has 27 heavy (non-hydrogen) atoms. The summed E-state index contributed by atoms with van der Waals surface area (Å²) in [5.74, 6) is 1.83. The van der Waals surface area contributed by atoms with Crippen LogP contribution in [0, 0.1) is 13.8 Å². The molecule has 0 aromatic heterocycles. The quantitative estimate of drug-likeness (QED) is 0.740. The Labute approximate surface area is 162 Å². The standard InChI is InChI=1S/C23H31NO3/c1-14(2)19-13-20(16(4)12-22(19)26-7)17(5)24-23(25)18(6)27-21-11-9-8-10-15(21)3/h8-14,17-18H,1-7H3,(H,24,25)/t17-,18-/m1/s1. The second kappa shape index (κ2) is 8.94. The first-order valence-electron chi connectivity index (χ1n) is 9.45. The van der Waals surface area contributed by atoms with Crippen molar-refractivity contribution in [2.24, 2.45) is 0 Å². The molecule has 2 aromatic carbocycles. The highest BCUT2D eigenvalue weighted by molar-refractivity contribution is 5.81. The summed E-state index contributed by atoms with van der Waals surface area (Å²) in [5.41, 5.74) is 4.34. The number of benzene rings is 2. The van der Waals surface area contributed by atoms with Crippen LogP contribution in [0.5, 0.6) is 11.5 Å². The number of ether oxygens (including phenoxy) is 2. The van der Waals surface area contributed by atoms with E-state index in [1.807, 2.05) is 51.1 Å². The van der Waals surface area contributed by atoms with Crippen LogP contribution in [-0.2, 0) is 4.79 Å². The number of aryl methyl sites for hydroxylation is 2. The topological polar surface area (TPSA) is 47.6 Å². The fourth-order valence-corrected chi connectivity index (χ4v) is 3.15. The molecule has 0 aliphatic heterocycles. The van der Waals surface area contributed by atoms with Crippen molar-refractivity contribution in [2.45, 2.75) is 59.6 Å². The van der Waals surface area contributed by atoms with Crippen LogP contribution in [0.15, 0.2) is 36.4 Å². The fourth-order valence-electron chi connectivity index (χ4n) is 3.15. The van der Waals surface area contributed by atoms with E-state index < -0.39 is 6.10 Å². The third-order valence-electron chi connectivity index (χ3n) is 4.83. The highest BCUT2D eigenvalue weighted by atomic mass is 16.5. The van der Waals surface area contributed by atoms with Gasteiger partial charge in [-0.2, -0.15) is 0 Å². The number of hydrogen-bond acceptors (Lipinski definition) is 3. The fraction of sp³-hybridized carbons (Fsp3) is 0.435. The van der Waals surface area contributed by atoms with Crippen LogP contribution in [0.25, 0.3) is 0 Å². The molecule has 0 heterocycles. The Balaban J connectivity index is 2.14. The van der Waals surface area contributed by atoms with Gasteiger partial charge in [0.2, 0.25) is 0 Å². The second-order valence-electron chi connectivity index (χ2n) is 7.36. The summed E-state index contributed by atoms with van der Waals surface area (Å²) in [4.78, 5) is 12.6. The maximum Gasteiger partial charge on any atom is 0.261 e. The van der Waals surface area contributed by atoms with Crippen molar-refractivity contribution in [2.75, 3.05) is 7.11 Å². The number of para-hydroxylation sites is 1. The summed E-state index contributed by atoms with van der Waals surface area (Å²) < 4.78 is 11.4. The first-order chi connectivity index (χ1) is 12.7. The van der Waals surface area contributed by atoms with Gasteiger partial charge in [-0.05, 0) is 74.1 Å². The van der Waals surface area contributed by atoms with Crippen molar-refractivity contribution in [1.82, 2.24) is 5.32 Å². The lowest BCUT2D eigenvalue weighted by Crippen LogP contribution is -2.38. The van der Waals surface area contributed by atoms with E-state index >= 15 is 0 Å². The molecule has 0 saturated heterocycles. The normalized spacial score (nSPS) is 13.2. The third-order valence-corrected chi connectivity index (χ3v) is 4.83. The molecule has 0 unspecified atom stereocenters. The van der Waals surface area contributed by atoms with Crippen molar-refractivity contribution in [3.63, 3.8) is 0 Å². The maximum absolute atomic E-state index is 12.6. The SMILES string of the molecule is COc1cc(C)c([C@@H](C)NC(=O)[C@@H](C)Oc2ccccc2C)cc1C(C)C. The van der Waals surface area contributed by atoms with Gasteiger partial charge in [0.05, 0.1) is 13.2 Å². The largest absolute Gasteiger partial charge is 0.496 e. The Morgan fingerprint density at radius 1 is 0.926 bits per heavy atom. The van der Waals surface area contributed by atoms with Crippen LogP contribution < -0.4 is 14.8 Å². The molecule has 146 valence electrons. The average molecular weight is 370 g/mol. The summed E-state index contributed by atoms with van der Waals surface area (Å²) >= 11 is 0. The molecular formula is C23H31NO3. The van der Waals surface area contributed by atoms with E-state index in [0.29, 0.717) is 5.92 Å². The van der Waals surface area contributed by atoms with E-state index in [0.717, 1.165) is 33.8 Å². The number of carbonyl (C=O) groups is 1. The first kappa shape index (κ1) is 20.8. The van der Waals surface area contributed by atoms with Gasteiger partial charge in [-0.15, -0.1) is 0 Å². The van der Waals surface area contributed by atoms with E-state index in [1.165, 1.54) is 0 Å². The van der Waals surface area contributed by atoms with Gasteiger partial charge in [0.25, 0.3) is 5.91 Å². The molecule has 0 radical (unpaired) electrons. The molecule has 0 fully saturated rings. The number of nitrogens with one attached hydrogen (secondary N) is 1. The number of methoxy groups -OCH3 is 1. The van der Waals surface area contributed by atoms with E-state index in [-0.39, 0.29) is 11.9 Å². The van der Waals surface area contributed by atoms with Crippen molar-refractivity contribution < 1.29 is 14.3 Å². The lowest BCUT2D eigenvalue weighted by atomic mass is 9.93. The molecule has 0 aliphatic carbocycles. The molecular weight excluding hydrogens is 338 g/mol. The van der Waals surface area contributed by atoms with Gasteiger partial charge >= 0.3 is 0 Å². The summed E-state index contributed by atoms with van der Waals surface area (Å²) in [6.45, 7) is 12.1. The van der Waals surface area contributed by atoms with Gasteiger partial charge in [0.15, 0.2) is 6.10 Å². The molecule has 2 rings (SSSR count). The molecule has 1 amide bonds. The third kappa shape index (κ3) is 5.03. The summed E-state index contributed by atoms with van der Waals surface area (Å²) in [6, 6.07) is 11.8. The molecule has 0 spiro atoms. The van der Waals surface area contributed by atoms with Gasteiger partial charge in [-0.3, -0.25) is 4.79 Å². The van der Waals surface area contributed by atoms with Crippen molar-refractivity contribution >= 4 is 5.91 Å². The Hall–Kier alpha value is -2.49. The van der Waals surface area contributed by atoms with Crippen LogP contribution in [0.4, 0.5) is 0 Å². The Bertz CT molecular complexity index is 798. The second-order valence-corrected chi connectivity index (χ2v) is 7.36. The zero-order valence-electron chi connectivity index (χ0n) is 17.4. The summed E-state index contributed by atoms with van der Waals surface area (Å²) in [5, 5.41) is 3.08. The highest BCUT2D eigenvalue weighted by Gasteiger charge is 2.21. The van der Waals surface area contributed by atoms with E-state index in [1.54, 1.807) is 14.0 Å². The monoisotopic (exact) mass is 369 g/mol. The predicted octanol–water partition coefficient (Wildman–Crippen LogP) is 5.08. The number of hydrogen-bond donors (Lipinski definition) is 1. The van der Waals surface area contributed by atoms with E-state index in [9.17, 15) is 4.79 Å². The number of rotatable bonds is 7. The van der Waals surface area contributed by atoms with Gasteiger partial charge in [-0.25, -0.2) is 0 Å². The minimum atomic E-state index is -0.573. The van der Waals surface area contributed by atoms with Crippen molar-refractivity contribution in [3.8, 4) is 11.5 Å². The van der Waals surface area contributed by atoms with Crippen LogP contribution >= 0.6 is 0 Å². The zero-order valence-corrected chi connectivity index (χ0v) is 17.4. The van der Waals surface area contributed by atoms with Crippen LogP contribution in [0.1, 0.15) is 61.9 Å². The first-order valence-corrected chi connectivity index (χ1v) is 9.45. The lowest BCUT2D eigenvalue weighted by molar-refractivity contribution is -0.127. The molecule has 1 N–H and O–H groups in total. The van der Waals surface area contributed by atoms with Crippen molar-refractivity contribution in [1.29, 1.82) is 0 Å². The zero-order chi connectivity index (χ0) is 20.1. The van der Waals surface area contributed by atoms with E-state index in [2.05, 4.69) is 25.2 Å². The summed E-state index contributed by atoms with van der Waals surface area (Å²) in [6.07, 6.45) is -0.573. The summed E-state index contributed by atoms with van der Waals surface area (Å²) in [7, 11) is 1.69. The molecule has 2 atom stereocenters. The van der Waals surface area contributed by atoms with Crippen LogP contribution in [0.2, 0.25) is 0 Å². The van der Waals surface area contributed by atoms with Gasteiger partial charge in [0.1, 0.15) is 11.5 Å². The minimum Gasteiger partial charge on any atom is -0.496 e. The minimum absolute atomic E-state index is 0.121. The average Bonchev–Trinajstić information content (AvgIpc) is 2.62. The van der Waals surface area contributed by atoms with Crippen LogP contribution in [-0.4, -0.2) is 19.1 Å². The molecule has 4 nitrogen and oxygen atoms in total. The van der Waals surface area contributed by atoms with E-state index in [4.69, 9.17) is 9.47 Å². The molecule has 0 bridgehead atoms. The Morgan fingerprint density at radius 3 is 2.19 bits per heavy atom. The van der Waals surface area contributed by atoms with Gasteiger partial charge < -0.3 is 14.8 Å². The lowest BCUT2D eigenvalue weighted by Gasteiger charge is -2.23. The Morgan fingerprint density at radius 2 is 1.59 bits per heavy atom. The van der Waals surface area contributed by atoms with Gasteiger partial charge in [0, 0.05) is 0 Å². The predicted molar refractivity (Wildman–Crippen MR) is 110 cm³/mol. The number of carbonyl (C=O) groups excluding carboxylic acids is 1. The van der Waals surface area contributed by atoms with Gasteiger partial charge in [-0.1, -0.05) is 32.0 Å². The van der Waals surface area contributed by atoms with Crippen molar-refractivity contribution in [3.05, 3.63) is 58.7 Å². The molecule has 0 aliphatic rings. The molecule has 0 saturated carbocycles. The highest BCUT2D eigenvalue weighted by Crippen LogP contribution is 2.32. The maximum atomic E-state index is 12.6. The smallest absolute Gasteiger partial charge is 0.261 e. The van der Waals surface area contributed by atoms with Crippen LogP contribution in [0.3, 0.4) is 0 Å². The number of amides is 1. The molecule has 4 heteroatoms.